The van der Waals surface area contributed by atoms with Crippen LogP contribution >= 0.6 is 0 Å². The van der Waals surface area contributed by atoms with Crippen LogP contribution in [0.2, 0.25) is 0 Å². The van der Waals surface area contributed by atoms with Gasteiger partial charge in [-0.15, -0.1) is 0 Å². The van der Waals surface area contributed by atoms with E-state index >= 15 is 0 Å². The van der Waals surface area contributed by atoms with Gasteiger partial charge in [-0.05, 0) is 49.4 Å². The predicted octanol–water partition coefficient (Wildman–Crippen LogP) is 3.17. The quantitative estimate of drug-likeness (QED) is 0.941. The lowest BCUT2D eigenvalue weighted by Crippen LogP contribution is -2.27. The SMILES string of the molecule is CC(C)c1noc(C(C)NC(=O)c2ccc3c(c2)CCC3)n1. The first-order valence-corrected chi connectivity index (χ1v) is 7.80. The number of aromatic nitrogens is 2. The Hall–Kier alpha value is -2.17. The Bertz CT molecular complexity index is 691. The van der Waals surface area contributed by atoms with Gasteiger partial charge in [0.2, 0.25) is 5.89 Å². The van der Waals surface area contributed by atoms with E-state index in [1.807, 2.05) is 32.9 Å². The normalized spacial score (nSPS) is 14.9. The number of benzene rings is 1. The Labute approximate surface area is 130 Å². The third-order valence-corrected chi connectivity index (χ3v) is 4.05. The van der Waals surface area contributed by atoms with Gasteiger partial charge in [0, 0.05) is 11.5 Å². The summed E-state index contributed by atoms with van der Waals surface area (Å²) in [5.74, 6) is 1.20. The van der Waals surface area contributed by atoms with E-state index in [1.54, 1.807) is 0 Å². The van der Waals surface area contributed by atoms with Gasteiger partial charge in [-0.1, -0.05) is 25.1 Å². The van der Waals surface area contributed by atoms with Gasteiger partial charge in [0.15, 0.2) is 5.82 Å². The minimum atomic E-state index is -0.305. The van der Waals surface area contributed by atoms with E-state index < -0.39 is 0 Å². The van der Waals surface area contributed by atoms with Gasteiger partial charge in [0.1, 0.15) is 6.04 Å². The summed E-state index contributed by atoms with van der Waals surface area (Å²) in [6.07, 6.45) is 3.36. The molecule has 0 spiro atoms. The lowest BCUT2D eigenvalue weighted by atomic mass is 10.1. The summed E-state index contributed by atoms with van der Waals surface area (Å²) in [7, 11) is 0. The largest absolute Gasteiger partial charge is 0.341 e. The van der Waals surface area contributed by atoms with Crippen molar-refractivity contribution in [2.24, 2.45) is 0 Å². The second-order valence-corrected chi connectivity index (χ2v) is 6.18. The van der Waals surface area contributed by atoms with Gasteiger partial charge < -0.3 is 9.84 Å². The van der Waals surface area contributed by atoms with E-state index in [1.165, 1.54) is 17.5 Å². The molecule has 1 aliphatic rings. The highest BCUT2D eigenvalue weighted by Gasteiger charge is 2.19. The highest BCUT2D eigenvalue weighted by molar-refractivity contribution is 5.94. The number of aryl methyl sites for hydroxylation is 2. The van der Waals surface area contributed by atoms with Crippen molar-refractivity contribution in [2.75, 3.05) is 0 Å². The molecule has 0 aliphatic heterocycles. The number of nitrogens with one attached hydrogen (secondary N) is 1. The van der Waals surface area contributed by atoms with Crippen molar-refractivity contribution < 1.29 is 9.32 Å². The Morgan fingerprint density at radius 3 is 2.73 bits per heavy atom. The molecule has 2 aromatic rings. The lowest BCUT2D eigenvalue weighted by molar-refractivity contribution is 0.0932. The second kappa shape index (κ2) is 5.91. The number of rotatable bonds is 4. The number of hydrogen-bond donors (Lipinski definition) is 1. The van der Waals surface area contributed by atoms with Crippen molar-refractivity contribution in [1.82, 2.24) is 15.5 Å². The Morgan fingerprint density at radius 2 is 2.00 bits per heavy atom. The van der Waals surface area contributed by atoms with E-state index in [9.17, 15) is 4.79 Å². The first kappa shape index (κ1) is 14.8. The highest BCUT2D eigenvalue weighted by atomic mass is 16.5. The first-order chi connectivity index (χ1) is 10.5. The maximum Gasteiger partial charge on any atom is 0.251 e. The van der Waals surface area contributed by atoms with Gasteiger partial charge in [-0.3, -0.25) is 4.79 Å². The molecule has 116 valence electrons. The fourth-order valence-corrected chi connectivity index (χ4v) is 2.71. The summed E-state index contributed by atoms with van der Waals surface area (Å²) in [6.45, 7) is 5.85. The van der Waals surface area contributed by atoms with E-state index in [0.717, 1.165) is 12.8 Å². The average Bonchev–Trinajstić information content (AvgIpc) is 3.15. The predicted molar refractivity (Wildman–Crippen MR) is 82.7 cm³/mol. The molecule has 5 nitrogen and oxygen atoms in total. The van der Waals surface area contributed by atoms with Crippen molar-refractivity contribution in [3.63, 3.8) is 0 Å². The standard InChI is InChI=1S/C17H21N3O2/c1-10(2)15-19-17(22-20-15)11(3)18-16(21)14-8-7-12-5-4-6-13(12)9-14/h7-11H,4-6H2,1-3H3,(H,18,21). The van der Waals surface area contributed by atoms with Crippen LogP contribution in [0.15, 0.2) is 22.7 Å². The molecule has 0 bridgehead atoms. The number of fused-ring (bicyclic) bond motifs is 1. The van der Waals surface area contributed by atoms with Gasteiger partial charge >= 0.3 is 0 Å². The van der Waals surface area contributed by atoms with Crippen LogP contribution in [0.4, 0.5) is 0 Å². The van der Waals surface area contributed by atoms with Crippen LogP contribution in [0, 0.1) is 0 Å². The molecule has 22 heavy (non-hydrogen) atoms. The van der Waals surface area contributed by atoms with Crippen LogP contribution in [-0.4, -0.2) is 16.0 Å². The highest BCUT2D eigenvalue weighted by Crippen LogP contribution is 2.23. The van der Waals surface area contributed by atoms with Gasteiger partial charge in [-0.25, -0.2) is 0 Å². The first-order valence-electron chi connectivity index (χ1n) is 7.80. The van der Waals surface area contributed by atoms with E-state index in [-0.39, 0.29) is 17.9 Å². The van der Waals surface area contributed by atoms with E-state index in [4.69, 9.17) is 4.52 Å². The number of amides is 1. The van der Waals surface area contributed by atoms with Crippen molar-refractivity contribution >= 4 is 5.91 Å². The Kier molecular flexibility index (Phi) is 3.96. The average molecular weight is 299 g/mol. The molecule has 1 amide bonds. The summed E-state index contributed by atoms with van der Waals surface area (Å²) in [5.41, 5.74) is 3.35. The van der Waals surface area contributed by atoms with Crippen molar-refractivity contribution in [1.29, 1.82) is 0 Å². The molecular weight excluding hydrogens is 278 g/mol. The van der Waals surface area contributed by atoms with E-state index in [2.05, 4.69) is 21.5 Å². The summed E-state index contributed by atoms with van der Waals surface area (Å²) in [6, 6.07) is 5.64. The number of hydrogen-bond acceptors (Lipinski definition) is 4. The molecule has 3 rings (SSSR count). The summed E-state index contributed by atoms with van der Waals surface area (Å²) in [5, 5.41) is 6.85. The molecule has 1 aliphatic carbocycles. The number of nitrogens with zero attached hydrogens (tertiary/aromatic N) is 2. The Balaban J connectivity index is 1.70. The third kappa shape index (κ3) is 2.89. The summed E-state index contributed by atoms with van der Waals surface area (Å²) >= 11 is 0. The topological polar surface area (TPSA) is 68.0 Å². The molecule has 1 atom stereocenters. The van der Waals surface area contributed by atoms with Gasteiger partial charge in [0.25, 0.3) is 5.91 Å². The molecule has 1 N–H and O–H groups in total. The number of carbonyl (C=O) groups excluding carboxylic acids is 1. The van der Waals surface area contributed by atoms with Crippen molar-refractivity contribution in [3.8, 4) is 0 Å². The zero-order valence-corrected chi connectivity index (χ0v) is 13.2. The van der Waals surface area contributed by atoms with E-state index in [0.29, 0.717) is 17.3 Å². The summed E-state index contributed by atoms with van der Waals surface area (Å²) in [4.78, 5) is 16.7. The molecule has 1 heterocycles. The maximum atomic E-state index is 12.4. The molecular formula is C17H21N3O2. The van der Waals surface area contributed by atoms with Gasteiger partial charge in [-0.2, -0.15) is 4.98 Å². The molecule has 1 aromatic carbocycles. The smallest absolute Gasteiger partial charge is 0.251 e. The molecule has 5 heteroatoms. The van der Waals surface area contributed by atoms with Crippen molar-refractivity contribution in [2.45, 2.75) is 52.0 Å². The minimum absolute atomic E-state index is 0.105. The Morgan fingerprint density at radius 1 is 1.23 bits per heavy atom. The number of carbonyl (C=O) groups is 1. The second-order valence-electron chi connectivity index (χ2n) is 6.18. The van der Waals surface area contributed by atoms with Crippen LogP contribution in [0.5, 0.6) is 0 Å². The molecule has 0 radical (unpaired) electrons. The monoisotopic (exact) mass is 299 g/mol. The van der Waals surface area contributed by atoms with Crippen LogP contribution in [0.25, 0.3) is 0 Å². The van der Waals surface area contributed by atoms with Crippen LogP contribution < -0.4 is 5.32 Å². The molecule has 0 saturated carbocycles. The van der Waals surface area contributed by atoms with Crippen LogP contribution in [-0.2, 0) is 12.8 Å². The fourth-order valence-electron chi connectivity index (χ4n) is 2.71. The molecule has 1 aromatic heterocycles. The van der Waals surface area contributed by atoms with Gasteiger partial charge in [0.05, 0.1) is 0 Å². The fraction of sp³-hybridized carbons (Fsp3) is 0.471. The molecule has 1 unspecified atom stereocenters. The lowest BCUT2D eigenvalue weighted by Gasteiger charge is -2.10. The maximum absolute atomic E-state index is 12.4. The van der Waals surface area contributed by atoms with Crippen LogP contribution in [0.1, 0.15) is 72.4 Å². The van der Waals surface area contributed by atoms with Crippen molar-refractivity contribution in [3.05, 3.63) is 46.6 Å². The summed E-state index contributed by atoms with van der Waals surface area (Å²) < 4.78 is 5.22. The third-order valence-electron chi connectivity index (χ3n) is 4.05. The van der Waals surface area contributed by atoms with Crippen LogP contribution in [0.3, 0.4) is 0 Å². The molecule has 0 saturated heterocycles. The minimum Gasteiger partial charge on any atom is -0.341 e. The zero-order valence-electron chi connectivity index (χ0n) is 13.2. The molecule has 0 fully saturated rings. The zero-order chi connectivity index (χ0) is 15.7.